The number of hydrogen-bond acceptors (Lipinski definition) is 3. The van der Waals surface area contributed by atoms with Crippen molar-refractivity contribution >= 4 is 10.1 Å². The molecule has 0 aliphatic heterocycles. The lowest BCUT2D eigenvalue weighted by atomic mass is 9.52. The molecule has 0 spiro atoms. The fourth-order valence-corrected chi connectivity index (χ4v) is 9.03. The van der Waals surface area contributed by atoms with E-state index in [9.17, 15) is 8.42 Å². The third-order valence-corrected chi connectivity index (χ3v) is 11.3. The van der Waals surface area contributed by atoms with Gasteiger partial charge in [0, 0.05) is 0 Å². The molecule has 0 bridgehead atoms. The molecular weight excluding hydrogens is 440 g/mol. The van der Waals surface area contributed by atoms with E-state index in [-0.39, 0.29) is 5.92 Å². The molecule has 192 valence electrons. The second-order valence-electron chi connectivity index (χ2n) is 12.9. The van der Waals surface area contributed by atoms with Crippen molar-refractivity contribution in [2.24, 2.45) is 46.8 Å². The van der Waals surface area contributed by atoms with Crippen molar-refractivity contribution in [1.29, 1.82) is 0 Å². The van der Waals surface area contributed by atoms with Crippen LogP contribution in [0.4, 0.5) is 0 Å². The maximum atomic E-state index is 11.7. The third kappa shape index (κ3) is 5.01. The Kier molecular flexibility index (Phi) is 7.62. The van der Waals surface area contributed by atoms with Gasteiger partial charge in [0.2, 0.25) is 0 Å². The minimum Gasteiger partial charge on any atom is -0.270 e. The average Bonchev–Trinajstić information content (AvgIpc) is 3.12. The van der Waals surface area contributed by atoms with Gasteiger partial charge in [-0.15, -0.1) is 0 Å². The summed E-state index contributed by atoms with van der Waals surface area (Å²) in [5, 5.41) is 0. The number of hydrogen-bond donors (Lipinski definition) is 0. The van der Waals surface area contributed by atoms with E-state index >= 15 is 0 Å². The van der Waals surface area contributed by atoms with Gasteiger partial charge in [0.1, 0.15) is 0 Å². The Balaban J connectivity index is 1.50. The molecule has 3 aliphatic carbocycles. The van der Waals surface area contributed by atoms with Crippen molar-refractivity contribution in [2.45, 2.75) is 92.4 Å². The molecule has 0 saturated heterocycles. The van der Waals surface area contributed by atoms with Gasteiger partial charge < -0.3 is 0 Å². The Morgan fingerprint density at radius 1 is 1.09 bits per heavy atom. The summed E-state index contributed by atoms with van der Waals surface area (Å²) in [6, 6.07) is 7.00. The fourth-order valence-electron chi connectivity index (χ4n) is 8.61. The van der Waals surface area contributed by atoms with E-state index in [0.29, 0.717) is 29.8 Å². The molecule has 34 heavy (non-hydrogen) atoms. The molecule has 0 heterocycles. The highest BCUT2D eigenvalue weighted by molar-refractivity contribution is 7.85. The van der Waals surface area contributed by atoms with E-state index in [4.69, 9.17) is 4.18 Å². The van der Waals surface area contributed by atoms with Crippen LogP contribution in [0, 0.1) is 53.8 Å². The topological polar surface area (TPSA) is 43.4 Å². The first-order chi connectivity index (χ1) is 15.9. The van der Waals surface area contributed by atoms with Gasteiger partial charge in [-0.2, -0.15) is 8.42 Å². The van der Waals surface area contributed by atoms with E-state index in [0.717, 1.165) is 30.1 Å². The lowest BCUT2D eigenvalue weighted by Gasteiger charge is -2.52. The van der Waals surface area contributed by atoms with Crippen LogP contribution in [-0.4, -0.2) is 21.3 Å². The minimum atomic E-state index is -3.41. The largest absolute Gasteiger partial charge is 0.270 e. The molecule has 8 atom stereocenters. The van der Waals surface area contributed by atoms with E-state index in [1.165, 1.54) is 50.3 Å². The van der Waals surface area contributed by atoms with Crippen molar-refractivity contribution in [3.8, 4) is 0 Å². The van der Waals surface area contributed by atoms with Gasteiger partial charge in [-0.05, 0) is 121 Å². The highest BCUT2D eigenvalue weighted by Gasteiger charge is 2.55. The zero-order valence-electron chi connectivity index (χ0n) is 22.6. The Morgan fingerprint density at radius 2 is 1.82 bits per heavy atom. The standard InChI is InChI=1S/C30H48O3S/c1-19(2)22(5)23(18-33-34(7,31)32)17-21(4)28-13-14-29-27-12-11-24-20(3)9-8-10-25(24)26(27)15-16-30(28,29)6/h8-10,19,21-23,26-29H,11-18H2,1-7H3/t21-,22+,23+,26-,27-,28-,29+,30-/m1/s1. The highest BCUT2D eigenvalue weighted by atomic mass is 32.2. The molecule has 3 aliphatic rings. The summed E-state index contributed by atoms with van der Waals surface area (Å²) in [7, 11) is -3.41. The number of benzene rings is 1. The minimum absolute atomic E-state index is 0.285. The van der Waals surface area contributed by atoms with Crippen molar-refractivity contribution in [3.63, 3.8) is 0 Å². The molecule has 4 rings (SSSR count). The molecule has 1 aromatic carbocycles. The molecule has 0 unspecified atom stereocenters. The molecule has 4 heteroatoms. The third-order valence-electron chi connectivity index (χ3n) is 10.7. The fraction of sp³-hybridized carbons (Fsp3) is 0.800. The molecule has 2 saturated carbocycles. The molecule has 0 N–H and O–H groups in total. The second kappa shape index (κ2) is 9.88. The summed E-state index contributed by atoms with van der Waals surface area (Å²) in [5.41, 5.74) is 5.22. The quantitative estimate of drug-likeness (QED) is 0.359. The van der Waals surface area contributed by atoms with Crippen LogP contribution in [0.3, 0.4) is 0 Å². The SMILES string of the molecule is Cc1cccc2c1CC[C@@H]1[C@@H]2CC[C@]2(C)[C@@H]([C@H](C)C[C@@H](COS(C)(=O)=O)[C@@H](C)C(C)C)CC[C@@H]12. The van der Waals surface area contributed by atoms with E-state index in [1.54, 1.807) is 11.1 Å². The lowest BCUT2D eigenvalue weighted by molar-refractivity contribution is 0.00333. The first-order valence-electron chi connectivity index (χ1n) is 13.8. The van der Waals surface area contributed by atoms with Crippen LogP contribution < -0.4 is 0 Å². The van der Waals surface area contributed by atoms with E-state index < -0.39 is 10.1 Å². The second-order valence-corrected chi connectivity index (χ2v) is 14.5. The molecule has 1 aromatic rings. The Labute approximate surface area is 209 Å². The first-order valence-corrected chi connectivity index (χ1v) is 15.7. The van der Waals surface area contributed by atoms with Gasteiger partial charge in [0.15, 0.2) is 0 Å². The maximum absolute atomic E-state index is 11.7. The molecule has 0 aromatic heterocycles. The van der Waals surface area contributed by atoms with Gasteiger partial charge in [-0.3, -0.25) is 4.18 Å². The van der Waals surface area contributed by atoms with Crippen LogP contribution in [-0.2, 0) is 20.7 Å². The number of fused-ring (bicyclic) bond motifs is 5. The Hall–Kier alpha value is -0.870. The van der Waals surface area contributed by atoms with Gasteiger partial charge >= 0.3 is 0 Å². The van der Waals surface area contributed by atoms with Crippen LogP contribution in [0.1, 0.15) is 95.8 Å². The van der Waals surface area contributed by atoms with Gasteiger partial charge in [-0.1, -0.05) is 52.8 Å². The molecule has 0 amide bonds. The van der Waals surface area contributed by atoms with Crippen molar-refractivity contribution in [3.05, 3.63) is 34.9 Å². The summed E-state index contributed by atoms with van der Waals surface area (Å²) in [4.78, 5) is 0. The summed E-state index contributed by atoms with van der Waals surface area (Å²) in [5.74, 6) is 5.01. The van der Waals surface area contributed by atoms with Crippen molar-refractivity contribution in [1.82, 2.24) is 0 Å². The van der Waals surface area contributed by atoms with Crippen LogP contribution in [0.5, 0.6) is 0 Å². The lowest BCUT2D eigenvalue weighted by Crippen LogP contribution is -2.44. The van der Waals surface area contributed by atoms with Gasteiger partial charge in [0.05, 0.1) is 12.9 Å². The summed E-state index contributed by atoms with van der Waals surface area (Å²) in [6.07, 6.45) is 10.2. The normalized spacial score (nSPS) is 33.6. The van der Waals surface area contributed by atoms with E-state index in [2.05, 4.69) is 59.7 Å². The van der Waals surface area contributed by atoms with E-state index in [1.807, 2.05) is 0 Å². The van der Waals surface area contributed by atoms with Crippen LogP contribution in [0.25, 0.3) is 0 Å². The van der Waals surface area contributed by atoms with Gasteiger partial charge in [-0.25, -0.2) is 0 Å². The monoisotopic (exact) mass is 488 g/mol. The summed E-state index contributed by atoms with van der Waals surface area (Å²) < 4.78 is 28.8. The number of aryl methyl sites for hydroxylation is 1. The molecule has 3 nitrogen and oxygen atoms in total. The highest BCUT2D eigenvalue weighted by Crippen LogP contribution is 2.64. The predicted octanol–water partition coefficient (Wildman–Crippen LogP) is 7.38. The van der Waals surface area contributed by atoms with Crippen LogP contribution in [0.15, 0.2) is 18.2 Å². The first kappa shape index (κ1) is 26.2. The summed E-state index contributed by atoms with van der Waals surface area (Å²) >= 11 is 0. The predicted molar refractivity (Wildman–Crippen MR) is 141 cm³/mol. The van der Waals surface area contributed by atoms with Crippen molar-refractivity contribution < 1.29 is 12.6 Å². The molecule has 0 radical (unpaired) electrons. The van der Waals surface area contributed by atoms with Crippen LogP contribution in [0.2, 0.25) is 0 Å². The summed E-state index contributed by atoms with van der Waals surface area (Å²) in [6.45, 7) is 14.5. The average molecular weight is 489 g/mol. The number of rotatable bonds is 8. The Bertz CT molecular complexity index is 967. The zero-order chi connectivity index (χ0) is 24.8. The smallest absolute Gasteiger partial charge is 0.264 e. The van der Waals surface area contributed by atoms with Crippen molar-refractivity contribution in [2.75, 3.05) is 12.9 Å². The van der Waals surface area contributed by atoms with Gasteiger partial charge in [0.25, 0.3) is 10.1 Å². The zero-order valence-corrected chi connectivity index (χ0v) is 23.5. The molecule has 2 fully saturated rings. The molecular formula is C30H48O3S. The maximum Gasteiger partial charge on any atom is 0.264 e. The Morgan fingerprint density at radius 3 is 2.50 bits per heavy atom. The van der Waals surface area contributed by atoms with Crippen LogP contribution >= 0.6 is 0 Å².